The highest BCUT2D eigenvalue weighted by Gasteiger charge is 2.39. The fourth-order valence-electron chi connectivity index (χ4n) is 5.45. The summed E-state index contributed by atoms with van der Waals surface area (Å²) in [5, 5.41) is 5.22. The second-order valence-corrected chi connectivity index (χ2v) is 12.9. The molecule has 2 fully saturated rings. The Morgan fingerprint density at radius 2 is 1.94 bits per heavy atom. The largest absolute Gasteiger partial charge is 0.352 e. The van der Waals surface area contributed by atoms with E-state index < -0.39 is 6.04 Å². The number of aryl methyl sites for hydroxylation is 1. The molecule has 4 rings (SSSR count). The van der Waals surface area contributed by atoms with Crippen molar-refractivity contribution < 1.29 is 9.59 Å². The van der Waals surface area contributed by atoms with Crippen molar-refractivity contribution in [1.29, 1.82) is 0 Å². The second-order valence-electron chi connectivity index (χ2n) is 10.6. The summed E-state index contributed by atoms with van der Waals surface area (Å²) in [7, 11) is 0. The summed E-state index contributed by atoms with van der Waals surface area (Å²) in [5.74, 6) is 0.505. The van der Waals surface area contributed by atoms with Crippen molar-refractivity contribution in [3.05, 3.63) is 44.3 Å². The summed E-state index contributed by atoms with van der Waals surface area (Å²) < 4.78 is 0. The molecular weight excluding hydrogens is 476 g/mol. The number of piperidine rings is 1. The summed E-state index contributed by atoms with van der Waals surface area (Å²) in [6.45, 7) is 9.13. The van der Waals surface area contributed by atoms with Crippen LogP contribution in [0.3, 0.4) is 0 Å². The molecular formula is C27H40N4O2S2. The van der Waals surface area contributed by atoms with E-state index in [1.165, 1.54) is 21.1 Å². The van der Waals surface area contributed by atoms with Gasteiger partial charge in [0.05, 0.1) is 4.88 Å². The highest BCUT2D eigenvalue weighted by Crippen LogP contribution is 2.29. The monoisotopic (exact) mass is 516 g/mol. The maximum atomic E-state index is 13.6. The Kier molecular flexibility index (Phi) is 9.02. The van der Waals surface area contributed by atoms with Gasteiger partial charge in [0.25, 0.3) is 5.91 Å². The quantitative estimate of drug-likeness (QED) is 0.536. The molecule has 2 aliphatic rings. The number of amides is 2. The molecule has 2 amide bonds. The maximum Gasteiger partial charge on any atom is 0.264 e. The van der Waals surface area contributed by atoms with E-state index in [9.17, 15) is 9.59 Å². The van der Waals surface area contributed by atoms with Gasteiger partial charge >= 0.3 is 0 Å². The first-order valence-electron chi connectivity index (χ1n) is 13.0. The van der Waals surface area contributed by atoms with Crippen LogP contribution in [0.15, 0.2) is 29.6 Å². The minimum atomic E-state index is -0.446. The average molecular weight is 517 g/mol. The molecule has 2 aromatic heterocycles. The standard InChI is InChI=1S/C27H40N4O2S2/c1-18(2)16-30(17-23-11-6-19(3)35-23)22-12-13-31(27(33)25-5-4-14-34-25)24(15-22)26(32)29-21-9-7-20(28)8-10-21/h4-6,11,14,18,20-22,24H,7-10,12-13,15-17,28H2,1-3H3,(H,29,32)/t20?,21?,22?,24-/m1/s1. The molecule has 0 aromatic carbocycles. The topological polar surface area (TPSA) is 78.7 Å². The number of rotatable bonds is 8. The van der Waals surface area contributed by atoms with Gasteiger partial charge in [-0.05, 0) is 74.9 Å². The van der Waals surface area contributed by atoms with E-state index in [-0.39, 0.29) is 29.9 Å². The van der Waals surface area contributed by atoms with Crippen molar-refractivity contribution in [2.24, 2.45) is 11.7 Å². The number of hydrogen-bond donors (Lipinski definition) is 2. The van der Waals surface area contributed by atoms with E-state index in [2.05, 4.69) is 43.1 Å². The van der Waals surface area contributed by atoms with Crippen LogP contribution in [0.25, 0.3) is 0 Å². The number of likely N-dealkylation sites (tertiary alicyclic amines) is 1. The normalized spacial score (nSPS) is 25.3. The van der Waals surface area contributed by atoms with Crippen LogP contribution in [0.4, 0.5) is 0 Å². The van der Waals surface area contributed by atoms with Gasteiger partial charge in [0.15, 0.2) is 0 Å². The Balaban J connectivity index is 1.52. The molecule has 1 aliphatic heterocycles. The average Bonchev–Trinajstić information content (AvgIpc) is 3.51. The lowest BCUT2D eigenvalue weighted by Crippen LogP contribution is -2.58. The minimum absolute atomic E-state index is 0.00320. The first-order chi connectivity index (χ1) is 16.8. The predicted octanol–water partition coefficient (Wildman–Crippen LogP) is 4.64. The van der Waals surface area contributed by atoms with E-state index in [4.69, 9.17) is 5.73 Å². The molecule has 1 aliphatic carbocycles. The van der Waals surface area contributed by atoms with E-state index in [0.717, 1.165) is 45.2 Å². The molecule has 2 atom stereocenters. The molecule has 35 heavy (non-hydrogen) atoms. The lowest BCUT2D eigenvalue weighted by molar-refractivity contribution is -0.128. The minimum Gasteiger partial charge on any atom is -0.352 e. The van der Waals surface area contributed by atoms with Crippen LogP contribution in [0.2, 0.25) is 0 Å². The van der Waals surface area contributed by atoms with Gasteiger partial charge < -0.3 is 16.0 Å². The van der Waals surface area contributed by atoms with Gasteiger partial charge in [0.1, 0.15) is 6.04 Å². The lowest BCUT2D eigenvalue weighted by Gasteiger charge is -2.43. The van der Waals surface area contributed by atoms with Crippen molar-refractivity contribution in [1.82, 2.24) is 15.1 Å². The molecule has 3 heterocycles. The molecule has 6 nitrogen and oxygen atoms in total. The number of nitrogens with two attached hydrogens (primary N) is 1. The van der Waals surface area contributed by atoms with Crippen LogP contribution in [0.1, 0.15) is 71.8 Å². The molecule has 2 aromatic rings. The smallest absolute Gasteiger partial charge is 0.264 e. The third-order valence-electron chi connectivity index (χ3n) is 7.26. The number of hydrogen-bond acceptors (Lipinski definition) is 6. The van der Waals surface area contributed by atoms with E-state index >= 15 is 0 Å². The Bertz CT molecular complexity index is 966. The lowest BCUT2D eigenvalue weighted by atomic mass is 9.90. The van der Waals surface area contributed by atoms with Gasteiger partial charge in [0, 0.05) is 47.5 Å². The molecule has 192 valence electrons. The van der Waals surface area contributed by atoms with Gasteiger partial charge in [-0.15, -0.1) is 22.7 Å². The van der Waals surface area contributed by atoms with Crippen LogP contribution in [-0.2, 0) is 11.3 Å². The molecule has 3 N–H and O–H groups in total. The zero-order valence-corrected chi connectivity index (χ0v) is 22.9. The summed E-state index contributed by atoms with van der Waals surface area (Å²) >= 11 is 3.30. The van der Waals surface area contributed by atoms with Crippen LogP contribution < -0.4 is 11.1 Å². The molecule has 1 saturated carbocycles. The summed E-state index contributed by atoms with van der Waals surface area (Å²) in [6, 6.07) is 8.38. The highest BCUT2D eigenvalue weighted by molar-refractivity contribution is 7.12. The molecule has 1 saturated heterocycles. The van der Waals surface area contributed by atoms with Gasteiger partial charge in [-0.25, -0.2) is 0 Å². The molecule has 0 radical (unpaired) electrons. The third kappa shape index (κ3) is 6.94. The van der Waals surface area contributed by atoms with E-state index in [1.54, 1.807) is 0 Å². The van der Waals surface area contributed by atoms with E-state index in [1.807, 2.05) is 33.7 Å². The Hall–Kier alpha value is -1.74. The second kappa shape index (κ2) is 12.0. The zero-order valence-electron chi connectivity index (χ0n) is 21.2. The number of carbonyl (C=O) groups is 2. The zero-order chi connectivity index (χ0) is 24.9. The van der Waals surface area contributed by atoms with Crippen molar-refractivity contribution in [2.75, 3.05) is 13.1 Å². The predicted molar refractivity (Wildman–Crippen MR) is 145 cm³/mol. The summed E-state index contributed by atoms with van der Waals surface area (Å²) in [6.07, 6.45) is 5.28. The van der Waals surface area contributed by atoms with Crippen molar-refractivity contribution in [2.45, 2.75) is 90.0 Å². The number of carbonyl (C=O) groups excluding carboxylic acids is 2. The van der Waals surface area contributed by atoms with Crippen molar-refractivity contribution in [3.8, 4) is 0 Å². The Morgan fingerprint density at radius 1 is 1.17 bits per heavy atom. The van der Waals surface area contributed by atoms with Gasteiger partial charge in [-0.2, -0.15) is 0 Å². The molecule has 0 spiro atoms. The SMILES string of the molecule is Cc1ccc(CN(CC(C)C)C2CCN(C(=O)c3cccs3)[C@@H](C(=O)NC3CCC(N)CC3)C2)s1. The highest BCUT2D eigenvalue weighted by atomic mass is 32.1. The van der Waals surface area contributed by atoms with Gasteiger partial charge in [-0.3, -0.25) is 14.5 Å². The molecule has 1 unspecified atom stereocenters. The van der Waals surface area contributed by atoms with Gasteiger partial charge in [-0.1, -0.05) is 19.9 Å². The van der Waals surface area contributed by atoms with Crippen LogP contribution >= 0.6 is 22.7 Å². The van der Waals surface area contributed by atoms with Crippen LogP contribution in [-0.4, -0.2) is 58.9 Å². The van der Waals surface area contributed by atoms with Crippen molar-refractivity contribution >= 4 is 34.5 Å². The molecule has 8 heteroatoms. The fourth-order valence-corrected chi connectivity index (χ4v) is 7.05. The van der Waals surface area contributed by atoms with Gasteiger partial charge in [0.2, 0.25) is 5.91 Å². The van der Waals surface area contributed by atoms with Crippen LogP contribution in [0.5, 0.6) is 0 Å². The first kappa shape index (κ1) is 26.3. The van der Waals surface area contributed by atoms with E-state index in [0.29, 0.717) is 23.8 Å². The first-order valence-corrected chi connectivity index (χ1v) is 14.7. The molecule has 0 bridgehead atoms. The van der Waals surface area contributed by atoms with Crippen molar-refractivity contribution in [3.63, 3.8) is 0 Å². The summed E-state index contributed by atoms with van der Waals surface area (Å²) in [4.78, 5) is 34.8. The number of nitrogens with zero attached hydrogens (tertiary/aromatic N) is 2. The Labute approximate surface area is 217 Å². The Morgan fingerprint density at radius 3 is 2.57 bits per heavy atom. The fraction of sp³-hybridized carbons (Fsp3) is 0.630. The number of thiophene rings is 2. The number of nitrogens with one attached hydrogen (secondary N) is 1. The third-order valence-corrected chi connectivity index (χ3v) is 9.10. The summed E-state index contributed by atoms with van der Waals surface area (Å²) in [5.41, 5.74) is 6.07. The van der Waals surface area contributed by atoms with Crippen LogP contribution in [0, 0.1) is 12.8 Å². The maximum absolute atomic E-state index is 13.6.